The van der Waals surface area contributed by atoms with Gasteiger partial charge in [0.1, 0.15) is 0 Å². The summed E-state index contributed by atoms with van der Waals surface area (Å²) in [6, 6.07) is 10.5. The molecule has 0 aliphatic heterocycles. The SMILES string of the molecule is CCN(CC(C)C)CC(N)c1ccccc1. The molecular formula is C14H24N2. The van der Waals surface area contributed by atoms with Crippen LogP contribution in [0.25, 0.3) is 0 Å². The van der Waals surface area contributed by atoms with E-state index in [2.05, 4.69) is 37.8 Å². The fraction of sp³-hybridized carbons (Fsp3) is 0.571. The van der Waals surface area contributed by atoms with Gasteiger partial charge in [0.25, 0.3) is 0 Å². The Kier molecular flexibility index (Phi) is 5.50. The minimum absolute atomic E-state index is 0.125. The van der Waals surface area contributed by atoms with Crippen LogP contribution in [0.5, 0.6) is 0 Å². The monoisotopic (exact) mass is 220 g/mol. The largest absolute Gasteiger partial charge is 0.323 e. The van der Waals surface area contributed by atoms with Gasteiger partial charge < -0.3 is 10.6 Å². The molecule has 2 N–H and O–H groups in total. The Morgan fingerprint density at radius 3 is 2.25 bits per heavy atom. The Balaban J connectivity index is 2.52. The molecule has 0 bridgehead atoms. The van der Waals surface area contributed by atoms with Gasteiger partial charge in [-0.25, -0.2) is 0 Å². The molecule has 0 spiro atoms. The first-order chi connectivity index (χ1) is 7.63. The molecule has 1 aromatic carbocycles. The van der Waals surface area contributed by atoms with E-state index >= 15 is 0 Å². The quantitative estimate of drug-likeness (QED) is 0.798. The van der Waals surface area contributed by atoms with Crippen molar-refractivity contribution in [1.82, 2.24) is 4.90 Å². The van der Waals surface area contributed by atoms with Gasteiger partial charge in [0, 0.05) is 19.1 Å². The molecule has 0 aliphatic carbocycles. The normalized spacial score (nSPS) is 13.4. The van der Waals surface area contributed by atoms with Crippen LogP contribution in [0.4, 0.5) is 0 Å². The second-order valence-corrected chi connectivity index (χ2v) is 4.76. The van der Waals surface area contributed by atoms with E-state index in [0.29, 0.717) is 5.92 Å². The third kappa shape index (κ3) is 4.33. The van der Waals surface area contributed by atoms with Crippen LogP contribution in [0, 0.1) is 5.92 Å². The van der Waals surface area contributed by atoms with Gasteiger partial charge in [0.15, 0.2) is 0 Å². The molecule has 0 saturated carbocycles. The molecule has 1 rings (SSSR count). The number of likely N-dealkylation sites (N-methyl/N-ethyl adjacent to an activating group) is 1. The molecule has 1 unspecified atom stereocenters. The standard InChI is InChI=1S/C14H24N2/c1-4-16(10-12(2)3)11-14(15)13-8-6-5-7-9-13/h5-9,12,14H,4,10-11,15H2,1-3H3. The van der Waals surface area contributed by atoms with E-state index in [1.807, 2.05) is 18.2 Å². The van der Waals surface area contributed by atoms with E-state index in [0.717, 1.165) is 19.6 Å². The third-order valence-electron chi connectivity index (χ3n) is 2.75. The Labute approximate surface area is 99.5 Å². The molecule has 0 aliphatic rings. The van der Waals surface area contributed by atoms with Gasteiger partial charge in [-0.1, -0.05) is 51.1 Å². The van der Waals surface area contributed by atoms with E-state index in [4.69, 9.17) is 5.73 Å². The molecule has 0 radical (unpaired) electrons. The van der Waals surface area contributed by atoms with Crippen LogP contribution < -0.4 is 5.73 Å². The maximum Gasteiger partial charge on any atom is 0.0424 e. The summed E-state index contributed by atoms with van der Waals surface area (Å²) in [4.78, 5) is 2.42. The molecule has 0 saturated heterocycles. The third-order valence-corrected chi connectivity index (χ3v) is 2.75. The number of benzene rings is 1. The molecular weight excluding hydrogens is 196 g/mol. The van der Waals surface area contributed by atoms with Crippen molar-refractivity contribution < 1.29 is 0 Å². The second kappa shape index (κ2) is 6.66. The van der Waals surface area contributed by atoms with Crippen LogP contribution in [0.1, 0.15) is 32.4 Å². The van der Waals surface area contributed by atoms with Crippen LogP contribution in [0.15, 0.2) is 30.3 Å². The molecule has 2 heteroatoms. The van der Waals surface area contributed by atoms with E-state index in [1.54, 1.807) is 0 Å². The Bertz CT molecular complexity index is 282. The van der Waals surface area contributed by atoms with Crippen molar-refractivity contribution in [3.8, 4) is 0 Å². The predicted molar refractivity (Wildman–Crippen MR) is 70.3 cm³/mol. The number of nitrogens with two attached hydrogens (primary N) is 1. The van der Waals surface area contributed by atoms with Gasteiger partial charge in [-0.05, 0) is 18.0 Å². The van der Waals surface area contributed by atoms with Crippen molar-refractivity contribution in [2.24, 2.45) is 11.7 Å². The minimum atomic E-state index is 0.125. The van der Waals surface area contributed by atoms with Crippen molar-refractivity contribution >= 4 is 0 Å². The molecule has 0 fully saturated rings. The summed E-state index contributed by atoms with van der Waals surface area (Å²) in [7, 11) is 0. The first-order valence-corrected chi connectivity index (χ1v) is 6.16. The van der Waals surface area contributed by atoms with E-state index in [-0.39, 0.29) is 6.04 Å². The first-order valence-electron chi connectivity index (χ1n) is 6.16. The summed E-state index contributed by atoms with van der Waals surface area (Å²) < 4.78 is 0. The zero-order chi connectivity index (χ0) is 12.0. The van der Waals surface area contributed by atoms with Gasteiger partial charge >= 0.3 is 0 Å². The summed E-state index contributed by atoms with van der Waals surface area (Å²) in [6.45, 7) is 9.82. The van der Waals surface area contributed by atoms with Crippen molar-refractivity contribution in [2.75, 3.05) is 19.6 Å². The van der Waals surface area contributed by atoms with Crippen LogP contribution in [-0.2, 0) is 0 Å². The molecule has 2 nitrogen and oxygen atoms in total. The van der Waals surface area contributed by atoms with Crippen LogP contribution in [-0.4, -0.2) is 24.5 Å². The maximum atomic E-state index is 6.21. The minimum Gasteiger partial charge on any atom is -0.323 e. The lowest BCUT2D eigenvalue weighted by molar-refractivity contribution is 0.242. The summed E-state index contributed by atoms with van der Waals surface area (Å²) in [5.74, 6) is 0.697. The first kappa shape index (κ1) is 13.2. The second-order valence-electron chi connectivity index (χ2n) is 4.76. The number of hydrogen-bond donors (Lipinski definition) is 1. The van der Waals surface area contributed by atoms with E-state index < -0.39 is 0 Å². The van der Waals surface area contributed by atoms with E-state index in [1.165, 1.54) is 5.56 Å². The highest BCUT2D eigenvalue weighted by molar-refractivity contribution is 5.18. The van der Waals surface area contributed by atoms with Crippen LogP contribution in [0.3, 0.4) is 0 Å². The average molecular weight is 220 g/mol. The van der Waals surface area contributed by atoms with E-state index in [9.17, 15) is 0 Å². The molecule has 0 heterocycles. The molecule has 16 heavy (non-hydrogen) atoms. The number of hydrogen-bond acceptors (Lipinski definition) is 2. The summed E-state index contributed by atoms with van der Waals surface area (Å²) in [6.07, 6.45) is 0. The average Bonchev–Trinajstić information content (AvgIpc) is 2.28. The fourth-order valence-electron chi connectivity index (χ4n) is 1.93. The molecule has 90 valence electrons. The summed E-state index contributed by atoms with van der Waals surface area (Å²) >= 11 is 0. The smallest absolute Gasteiger partial charge is 0.0424 e. The van der Waals surface area contributed by atoms with Crippen molar-refractivity contribution in [3.63, 3.8) is 0 Å². The topological polar surface area (TPSA) is 29.3 Å². The Morgan fingerprint density at radius 2 is 1.75 bits per heavy atom. The van der Waals surface area contributed by atoms with Gasteiger partial charge in [-0.2, -0.15) is 0 Å². The lowest BCUT2D eigenvalue weighted by Crippen LogP contribution is -2.34. The van der Waals surface area contributed by atoms with Crippen molar-refractivity contribution in [1.29, 1.82) is 0 Å². The van der Waals surface area contributed by atoms with Crippen LogP contribution in [0.2, 0.25) is 0 Å². The number of nitrogens with zero attached hydrogens (tertiary/aromatic N) is 1. The Morgan fingerprint density at radius 1 is 1.12 bits per heavy atom. The van der Waals surface area contributed by atoms with Gasteiger partial charge in [-0.3, -0.25) is 0 Å². The summed E-state index contributed by atoms with van der Waals surface area (Å²) in [5, 5.41) is 0. The maximum absolute atomic E-state index is 6.21. The highest BCUT2D eigenvalue weighted by Crippen LogP contribution is 2.11. The molecule has 0 aromatic heterocycles. The highest BCUT2D eigenvalue weighted by atomic mass is 15.1. The van der Waals surface area contributed by atoms with Gasteiger partial charge in [-0.15, -0.1) is 0 Å². The predicted octanol–water partition coefficient (Wildman–Crippen LogP) is 2.66. The molecule has 1 atom stereocenters. The van der Waals surface area contributed by atoms with Crippen molar-refractivity contribution in [2.45, 2.75) is 26.8 Å². The molecule has 0 amide bonds. The number of rotatable bonds is 6. The van der Waals surface area contributed by atoms with Crippen LogP contribution >= 0.6 is 0 Å². The Hall–Kier alpha value is -0.860. The molecule has 1 aromatic rings. The zero-order valence-corrected chi connectivity index (χ0v) is 10.7. The lowest BCUT2D eigenvalue weighted by atomic mass is 10.1. The lowest BCUT2D eigenvalue weighted by Gasteiger charge is -2.26. The summed E-state index contributed by atoms with van der Waals surface area (Å²) in [5.41, 5.74) is 7.43. The van der Waals surface area contributed by atoms with Crippen molar-refractivity contribution in [3.05, 3.63) is 35.9 Å². The van der Waals surface area contributed by atoms with Gasteiger partial charge in [0.05, 0.1) is 0 Å². The fourth-order valence-corrected chi connectivity index (χ4v) is 1.93. The highest BCUT2D eigenvalue weighted by Gasteiger charge is 2.11. The van der Waals surface area contributed by atoms with Gasteiger partial charge in [0.2, 0.25) is 0 Å². The zero-order valence-electron chi connectivity index (χ0n) is 10.7.